The zero-order valence-electron chi connectivity index (χ0n) is 17.6. The Morgan fingerprint density at radius 1 is 1.10 bits per heavy atom. The van der Waals surface area contributed by atoms with Gasteiger partial charge in [-0.2, -0.15) is 0 Å². The first-order valence-electron chi connectivity index (χ1n) is 10.3. The first-order valence-corrected chi connectivity index (χ1v) is 10.3. The van der Waals surface area contributed by atoms with Gasteiger partial charge >= 0.3 is 0 Å². The zero-order chi connectivity index (χ0) is 22.0. The van der Waals surface area contributed by atoms with Crippen LogP contribution in [0.3, 0.4) is 0 Å². The van der Waals surface area contributed by atoms with Gasteiger partial charge in [0, 0.05) is 12.6 Å². The Labute approximate surface area is 180 Å². The van der Waals surface area contributed by atoms with E-state index in [1.54, 1.807) is 47.4 Å². The minimum Gasteiger partial charge on any atom is -0.497 e. The molecule has 3 amide bonds. The molecule has 0 unspecified atom stereocenters. The van der Waals surface area contributed by atoms with Crippen LogP contribution in [0.2, 0.25) is 0 Å². The van der Waals surface area contributed by atoms with Gasteiger partial charge in [-0.1, -0.05) is 12.1 Å². The van der Waals surface area contributed by atoms with Gasteiger partial charge in [-0.3, -0.25) is 14.4 Å². The molecule has 0 spiro atoms. The molecule has 2 aromatic carbocycles. The van der Waals surface area contributed by atoms with Crippen LogP contribution in [0.4, 0.5) is 11.4 Å². The lowest BCUT2D eigenvalue weighted by molar-refractivity contribution is -0.125. The Hall–Kier alpha value is -3.55. The maximum absolute atomic E-state index is 13.4. The molecule has 0 aromatic heterocycles. The predicted molar refractivity (Wildman–Crippen MR) is 116 cm³/mol. The van der Waals surface area contributed by atoms with E-state index in [1.807, 2.05) is 0 Å². The summed E-state index contributed by atoms with van der Waals surface area (Å²) in [4.78, 5) is 42.5. The molecule has 4 rings (SSSR count). The molecule has 31 heavy (non-hydrogen) atoms. The molecule has 1 atom stereocenters. The lowest BCUT2D eigenvalue weighted by atomic mass is 10.0. The number of ether oxygens (including phenoxy) is 2. The Kier molecular flexibility index (Phi) is 5.79. The van der Waals surface area contributed by atoms with Crippen LogP contribution in [0.5, 0.6) is 11.5 Å². The summed E-state index contributed by atoms with van der Waals surface area (Å²) in [5.74, 6) is 0.254. The number of rotatable bonds is 5. The van der Waals surface area contributed by atoms with Gasteiger partial charge in [0.25, 0.3) is 5.91 Å². The topological polar surface area (TPSA) is 88.2 Å². The molecule has 2 heterocycles. The third kappa shape index (κ3) is 3.93. The lowest BCUT2D eigenvalue weighted by Gasteiger charge is -2.34. The van der Waals surface area contributed by atoms with Gasteiger partial charge in [0.2, 0.25) is 11.8 Å². The number of amides is 3. The second kappa shape index (κ2) is 8.67. The number of nitrogens with zero attached hydrogens (tertiary/aromatic N) is 2. The average Bonchev–Trinajstić information content (AvgIpc) is 2.89. The predicted octanol–water partition coefficient (Wildman–Crippen LogP) is 2.68. The highest BCUT2D eigenvalue weighted by atomic mass is 16.5. The zero-order valence-corrected chi connectivity index (χ0v) is 17.6. The second-order valence-electron chi connectivity index (χ2n) is 7.57. The van der Waals surface area contributed by atoms with Crippen LogP contribution in [0, 0.1) is 0 Å². The van der Waals surface area contributed by atoms with Crippen LogP contribution < -0.4 is 19.7 Å². The molecule has 0 radical (unpaired) electrons. The van der Waals surface area contributed by atoms with Crippen molar-refractivity contribution in [2.45, 2.75) is 25.3 Å². The molecule has 0 saturated carbocycles. The fourth-order valence-electron chi connectivity index (χ4n) is 4.18. The van der Waals surface area contributed by atoms with Crippen LogP contribution in [-0.2, 0) is 9.59 Å². The van der Waals surface area contributed by atoms with E-state index in [1.165, 1.54) is 19.1 Å². The largest absolute Gasteiger partial charge is 0.497 e. The SMILES string of the molecule is COc1ccc(OC)c(NC(=O)CN2C(=O)[C@@H]3CCCCN3C(=O)c3ccccc32)c1. The standard InChI is InChI=1S/C23H25N3O5/c1-30-15-10-11-20(31-2)17(13-15)24-21(27)14-26-18-8-4-3-7-16(18)22(28)25-12-6-5-9-19(25)23(26)29/h3-4,7-8,10-11,13,19H,5-6,9,12,14H2,1-2H3,(H,24,27)/t19-/m0/s1. The molecular weight excluding hydrogens is 398 g/mol. The number of carbonyl (C=O) groups is 3. The van der Waals surface area contributed by atoms with Gasteiger partial charge in [0.15, 0.2) is 0 Å². The Morgan fingerprint density at radius 3 is 2.68 bits per heavy atom. The molecule has 162 valence electrons. The first-order chi connectivity index (χ1) is 15.0. The lowest BCUT2D eigenvalue weighted by Crippen LogP contribution is -2.52. The summed E-state index contributed by atoms with van der Waals surface area (Å²) < 4.78 is 10.5. The number of hydrogen-bond acceptors (Lipinski definition) is 5. The molecule has 1 N–H and O–H groups in total. The third-order valence-electron chi connectivity index (χ3n) is 5.72. The van der Waals surface area contributed by atoms with Crippen molar-refractivity contribution in [1.82, 2.24) is 4.90 Å². The minimum atomic E-state index is -0.548. The van der Waals surface area contributed by atoms with Crippen molar-refractivity contribution in [2.75, 3.05) is 37.5 Å². The van der Waals surface area contributed by atoms with E-state index in [-0.39, 0.29) is 18.4 Å². The number of methoxy groups -OCH3 is 2. The summed E-state index contributed by atoms with van der Waals surface area (Å²) in [6, 6.07) is 11.5. The highest BCUT2D eigenvalue weighted by Crippen LogP contribution is 2.32. The van der Waals surface area contributed by atoms with Crippen molar-refractivity contribution < 1.29 is 23.9 Å². The van der Waals surface area contributed by atoms with Crippen LogP contribution in [-0.4, -0.2) is 56.0 Å². The van der Waals surface area contributed by atoms with Crippen molar-refractivity contribution in [2.24, 2.45) is 0 Å². The number of piperidine rings is 1. The fourth-order valence-corrected chi connectivity index (χ4v) is 4.18. The minimum absolute atomic E-state index is 0.161. The number of hydrogen-bond donors (Lipinski definition) is 1. The van der Waals surface area contributed by atoms with Gasteiger partial charge in [-0.15, -0.1) is 0 Å². The quantitative estimate of drug-likeness (QED) is 0.799. The van der Waals surface area contributed by atoms with E-state index in [2.05, 4.69) is 5.32 Å². The summed E-state index contributed by atoms with van der Waals surface area (Å²) in [6.45, 7) is 0.332. The highest BCUT2D eigenvalue weighted by Gasteiger charge is 2.41. The Bertz CT molecular complexity index is 1020. The molecule has 2 aromatic rings. The van der Waals surface area contributed by atoms with Gasteiger partial charge in [-0.25, -0.2) is 0 Å². The van der Waals surface area contributed by atoms with Crippen LogP contribution in [0.1, 0.15) is 29.6 Å². The van der Waals surface area contributed by atoms with Crippen molar-refractivity contribution in [3.63, 3.8) is 0 Å². The monoisotopic (exact) mass is 423 g/mol. The molecule has 2 aliphatic rings. The van der Waals surface area contributed by atoms with Crippen LogP contribution in [0.25, 0.3) is 0 Å². The molecular formula is C23H25N3O5. The maximum atomic E-state index is 13.4. The molecule has 1 saturated heterocycles. The van der Waals surface area contributed by atoms with E-state index in [0.29, 0.717) is 41.4 Å². The number of nitrogens with one attached hydrogen (secondary N) is 1. The van der Waals surface area contributed by atoms with E-state index >= 15 is 0 Å². The molecule has 8 heteroatoms. The van der Waals surface area contributed by atoms with Crippen molar-refractivity contribution in [1.29, 1.82) is 0 Å². The average molecular weight is 423 g/mol. The van der Waals surface area contributed by atoms with E-state index < -0.39 is 11.9 Å². The fraction of sp³-hybridized carbons (Fsp3) is 0.348. The van der Waals surface area contributed by atoms with E-state index in [4.69, 9.17) is 9.47 Å². The Balaban J connectivity index is 1.64. The first kappa shape index (κ1) is 20.7. The van der Waals surface area contributed by atoms with Gasteiger partial charge in [0.05, 0.1) is 31.2 Å². The summed E-state index contributed by atoms with van der Waals surface area (Å²) in [5, 5.41) is 2.80. The number of para-hydroxylation sites is 1. The van der Waals surface area contributed by atoms with E-state index in [0.717, 1.165) is 12.8 Å². The summed E-state index contributed by atoms with van der Waals surface area (Å²) >= 11 is 0. The molecule has 1 fully saturated rings. The van der Waals surface area contributed by atoms with Crippen molar-refractivity contribution >= 4 is 29.1 Å². The molecule has 0 bridgehead atoms. The van der Waals surface area contributed by atoms with Crippen molar-refractivity contribution in [3.05, 3.63) is 48.0 Å². The number of anilines is 2. The number of fused-ring (bicyclic) bond motifs is 2. The number of benzene rings is 2. The van der Waals surface area contributed by atoms with Gasteiger partial charge in [0.1, 0.15) is 24.1 Å². The summed E-state index contributed by atoms with van der Waals surface area (Å²) in [7, 11) is 3.04. The maximum Gasteiger partial charge on any atom is 0.256 e. The molecule has 2 aliphatic heterocycles. The normalized spacial score (nSPS) is 18.1. The Morgan fingerprint density at radius 2 is 1.90 bits per heavy atom. The van der Waals surface area contributed by atoms with Crippen LogP contribution in [0.15, 0.2) is 42.5 Å². The van der Waals surface area contributed by atoms with E-state index in [9.17, 15) is 14.4 Å². The highest BCUT2D eigenvalue weighted by molar-refractivity contribution is 6.13. The summed E-state index contributed by atoms with van der Waals surface area (Å²) in [5.41, 5.74) is 1.34. The summed E-state index contributed by atoms with van der Waals surface area (Å²) in [6.07, 6.45) is 2.34. The van der Waals surface area contributed by atoms with Crippen LogP contribution >= 0.6 is 0 Å². The molecule has 0 aliphatic carbocycles. The van der Waals surface area contributed by atoms with Crippen molar-refractivity contribution in [3.8, 4) is 11.5 Å². The van der Waals surface area contributed by atoms with Gasteiger partial charge < -0.3 is 24.6 Å². The number of carbonyl (C=O) groups excluding carboxylic acids is 3. The molecule has 8 nitrogen and oxygen atoms in total. The third-order valence-corrected chi connectivity index (χ3v) is 5.72. The second-order valence-corrected chi connectivity index (χ2v) is 7.57. The smallest absolute Gasteiger partial charge is 0.256 e. The van der Waals surface area contributed by atoms with Gasteiger partial charge in [-0.05, 0) is 43.5 Å².